The molecule has 1 aromatic carbocycles. The fourth-order valence-corrected chi connectivity index (χ4v) is 4.81. The molecule has 2 rings (SSSR count). The van der Waals surface area contributed by atoms with Gasteiger partial charge >= 0.3 is 0 Å². The molecule has 3 heteroatoms. The molecule has 1 heterocycles. The van der Waals surface area contributed by atoms with E-state index in [4.69, 9.17) is 4.74 Å². The van der Waals surface area contributed by atoms with Gasteiger partial charge in [-0.05, 0) is 10.5 Å². The van der Waals surface area contributed by atoms with E-state index in [1.54, 1.807) is 0 Å². The molecule has 0 aliphatic carbocycles. The summed E-state index contributed by atoms with van der Waals surface area (Å²) in [7, 11) is -0.149. The molecule has 1 unspecified atom stereocenters. The number of nitrogens with zero attached hydrogens (tertiary/aromatic N) is 1. The van der Waals surface area contributed by atoms with Gasteiger partial charge in [-0.1, -0.05) is 59.0 Å². The van der Waals surface area contributed by atoms with Gasteiger partial charge in [-0.3, -0.25) is 4.90 Å². The predicted octanol–water partition coefficient (Wildman–Crippen LogP) is 2.88. The van der Waals surface area contributed by atoms with Crippen LogP contribution in [0.1, 0.15) is 20.8 Å². The number of ether oxygens (including phenoxy) is 1. The SMILES string of the molecule is CC(C)(C)P(CN1CCOCC1)c1ccccc1. The Hall–Kier alpha value is -0.430. The van der Waals surface area contributed by atoms with Crippen molar-refractivity contribution in [2.75, 3.05) is 32.6 Å². The highest BCUT2D eigenvalue weighted by Gasteiger charge is 2.28. The first-order chi connectivity index (χ1) is 8.57. The first kappa shape index (κ1) is 14.0. The average molecular weight is 265 g/mol. The summed E-state index contributed by atoms with van der Waals surface area (Å²) in [6.45, 7) is 11.1. The highest BCUT2D eigenvalue weighted by atomic mass is 31.1. The average Bonchev–Trinajstić information content (AvgIpc) is 2.37. The number of benzene rings is 1. The van der Waals surface area contributed by atoms with E-state index in [1.807, 2.05) is 0 Å². The van der Waals surface area contributed by atoms with Crippen LogP contribution in [-0.2, 0) is 4.74 Å². The van der Waals surface area contributed by atoms with E-state index in [-0.39, 0.29) is 7.92 Å². The molecule has 0 radical (unpaired) electrons. The third-order valence-corrected chi connectivity index (χ3v) is 6.55. The first-order valence-electron chi connectivity index (χ1n) is 6.70. The lowest BCUT2D eigenvalue weighted by Gasteiger charge is -2.37. The smallest absolute Gasteiger partial charge is 0.0594 e. The lowest BCUT2D eigenvalue weighted by atomic mass is 10.3. The number of hydrogen-bond acceptors (Lipinski definition) is 2. The van der Waals surface area contributed by atoms with Crippen molar-refractivity contribution in [2.24, 2.45) is 0 Å². The van der Waals surface area contributed by atoms with Crippen molar-refractivity contribution in [3.05, 3.63) is 30.3 Å². The van der Waals surface area contributed by atoms with Gasteiger partial charge in [0.15, 0.2) is 0 Å². The maximum absolute atomic E-state index is 5.44. The van der Waals surface area contributed by atoms with Crippen molar-refractivity contribution in [1.82, 2.24) is 4.90 Å². The van der Waals surface area contributed by atoms with E-state index in [0.717, 1.165) is 26.3 Å². The van der Waals surface area contributed by atoms with Crippen LogP contribution in [0.15, 0.2) is 30.3 Å². The van der Waals surface area contributed by atoms with Crippen molar-refractivity contribution in [1.29, 1.82) is 0 Å². The Morgan fingerprint density at radius 3 is 2.28 bits per heavy atom. The lowest BCUT2D eigenvalue weighted by Crippen LogP contribution is -2.39. The Bertz CT molecular complexity index is 355. The summed E-state index contributed by atoms with van der Waals surface area (Å²) in [5.41, 5.74) is 0. The summed E-state index contributed by atoms with van der Waals surface area (Å²) >= 11 is 0. The second-order valence-electron chi connectivity index (χ2n) is 5.81. The fourth-order valence-electron chi connectivity index (χ4n) is 2.23. The van der Waals surface area contributed by atoms with Crippen molar-refractivity contribution in [3.8, 4) is 0 Å². The van der Waals surface area contributed by atoms with Crippen LogP contribution in [0.2, 0.25) is 0 Å². The van der Waals surface area contributed by atoms with Gasteiger partial charge in [0.05, 0.1) is 13.2 Å². The quantitative estimate of drug-likeness (QED) is 0.779. The Morgan fingerprint density at radius 2 is 1.72 bits per heavy atom. The van der Waals surface area contributed by atoms with Crippen molar-refractivity contribution in [3.63, 3.8) is 0 Å². The zero-order chi connectivity index (χ0) is 13.0. The van der Waals surface area contributed by atoms with Gasteiger partial charge in [0.2, 0.25) is 0 Å². The van der Waals surface area contributed by atoms with Crippen LogP contribution < -0.4 is 5.30 Å². The summed E-state index contributed by atoms with van der Waals surface area (Å²) in [6, 6.07) is 11.0. The van der Waals surface area contributed by atoms with E-state index in [1.165, 1.54) is 11.6 Å². The van der Waals surface area contributed by atoms with Gasteiger partial charge in [-0.2, -0.15) is 0 Å². The second-order valence-corrected chi connectivity index (χ2v) is 8.80. The van der Waals surface area contributed by atoms with Gasteiger partial charge in [0, 0.05) is 19.4 Å². The summed E-state index contributed by atoms with van der Waals surface area (Å²) in [5.74, 6) is 0. The van der Waals surface area contributed by atoms with Crippen LogP contribution in [0.4, 0.5) is 0 Å². The van der Waals surface area contributed by atoms with Crippen LogP contribution in [0, 0.1) is 0 Å². The maximum atomic E-state index is 5.44. The summed E-state index contributed by atoms with van der Waals surface area (Å²) in [5, 5.41) is 1.88. The van der Waals surface area contributed by atoms with Gasteiger partial charge in [-0.25, -0.2) is 0 Å². The molecule has 1 aliphatic rings. The molecule has 0 saturated carbocycles. The van der Waals surface area contributed by atoms with Gasteiger partial charge < -0.3 is 4.74 Å². The first-order valence-corrected chi connectivity index (χ1v) is 8.23. The molecule has 1 aliphatic heterocycles. The van der Waals surface area contributed by atoms with E-state index >= 15 is 0 Å². The monoisotopic (exact) mass is 265 g/mol. The molecule has 1 atom stereocenters. The van der Waals surface area contributed by atoms with Gasteiger partial charge in [0.1, 0.15) is 0 Å². The Balaban J connectivity index is 2.11. The van der Waals surface area contributed by atoms with Crippen LogP contribution in [0.3, 0.4) is 0 Å². The molecule has 0 aromatic heterocycles. The number of morpholine rings is 1. The van der Waals surface area contributed by atoms with Crippen molar-refractivity contribution < 1.29 is 4.74 Å². The molecule has 0 bridgehead atoms. The molecule has 2 nitrogen and oxygen atoms in total. The van der Waals surface area contributed by atoms with E-state index in [9.17, 15) is 0 Å². The van der Waals surface area contributed by atoms with Crippen LogP contribution in [0.5, 0.6) is 0 Å². The van der Waals surface area contributed by atoms with Crippen LogP contribution >= 0.6 is 7.92 Å². The minimum Gasteiger partial charge on any atom is -0.379 e. The molecule has 0 spiro atoms. The Labute approximate surface area is 112 Å². The predicted molar refractivity (Wildman–Crippen MR) is 80.0 cm³/mol. The van der Waals surface area contributed by atoms with E-state index in [0.29, 0.717) is 5.16 Å². The van der Waals surface area contributed by atoms with Crippen LogP contribution in [-0.4, -0.2) is 42.6 Å². The summed E-state index contributed by atoms with van der Waals surface area (Å²) in [4.78, 5) is 2.56. The second kappa shape index (κ2) is 6.14. The topological polar surface area (TPSA) is 12.5 Å². The third kappa shape index (κ3) is 3.78. The largest absolute Gasteiger partial charge is 0.379 e. The third-order valence-electron chi connectivity index (χ3n) is 3.32. The minimum absolute atomic E-state index is 0.149. The fraction of sp³-hybridized carbons (Fsp3) is 0.600. The maximum Gasteiger partial charge on any atom is 0.0594 e. The van der Waals surface area contributed by atoms with Gasteiger partial charge in [-0.15, -0.1) is 0 Å². The number of rotatable bonds is 3. The standard InChI is InChI=1S/C15H24NOP/c1-15(2,3)18(14-7-5-4-6-8-14)13-16-9-11-17-12-10-16/h4-8H,9-13H2,1-3H3. The Kier molecular flexibility index (Phi) is 4.77. The molecule has 1 fully saturated rings. The molecular weight excluding hydrogens is 241 g/mol. The minimum atomic E-state index is -0.149. The Morgan fingerprint density at radius 1 is 1.11 bits per heavy atom. The lowest BCUT2D eigenvalue weighted by molar-refractivity contribution is 0.0467. The molecule has 0 amide bonds. The zero-order valence-electron chi connectivity index (χ0n) is 11.7. The molecule has 0 N–H and O–H groups in total. The zero-order valence-corrected chi connectivity index (χ0v) is 12.6. The van der Waals surface area contributed by atoms with Crippen molar-refractivity contribution >= 4 is 13.2 Å². The highest BCUT2D eigenvalue weighted by molar-refractivity contribution is 7.67. The molecular formula is C15H24NOP. The normalized spacial score (nSPS) is 19.7. The van der Waals surface area contributed by atoms with Crippen molar-refractivity contribution in [2.45, 2.75) is 25.9 Å². The summed E-state index contributed by atoms with van der Waals surface area (Å²) in [6.07, 6.45) is 1.20. The summed E-state index contributed by atoms with van der Waals surface area (Å²) < 4.78 is 5.44. The molecule has 1 saturated heterocycles. The molecule has 18 heavy (non-hydrogen) atoms. The molecule has 100 valence electrons. The molecule has 1 aromatic rings. The van der Waals surface area contributed by atoms with Gasteiger partial charge in [0.25, 0.3) is 0 Å². The highest BCUT2D eigenvalue weighted by Crippen LogP contribution is 2.48. The van der Waals surface area contributed by atoms with E-state index in [2.05, 4.69) is 56.0 Å². The van der Waals surface area contributed by atoms with E-state index < -0.39 is 0 Å². The van der Waals surface area contributed by atoms with Crippen LogP contribution in [0.25, 0.3) is 0 Å². The number of hydrogen-bond donors (Lipinski definition) is 0.